The van der Waals surface area contributed by atoms with Gasteiger partial charge in [-0.15, -0.1) is 4.98 Å². The van der Waals surface area contributed by atoms with Crippen molar-refractivity contribution in [2.75, 3.05) is 19.0 Å². The maximum atomic E-state index is 6.73. The minimum atomic E-state index is 0.441. The van der Waals surface area contributed by atoms with Crippen LogP contribution in [0.5, 0.6) is 0 Å². The molecule has 0 aromatic carbocycles. The van der Waals surface area contributed by atoms with Gasteiger partial charge < -0.3 is 9.74 Å². The third-order valence-corrected chi connectivity index (χ3v) is 1.29. The normalized spacial score (nSPS) is 8.82. The van der Waals surface area contributed by atoms with Crippen LogP contribution in [0.2, 0.25) is 0 Å². The zero-order valence-corrected chi connectivity index (χ0v) is 6.57. The molecule has 0 saturated carbocycles. The van der Waals surface area contributed by atoms with Crippen LogP contribution >= 0.6 is 0 Å². The molecule has 0 amide bonds. The largest absolute Gasteiger partial charge is 0.361 e. The van der Waals surface area contributed by atoms with E-state index in [-0.39, 0.29) is 0 Å². The summed E-state index contributed by atoms with van der Waals surface area (Å²) in [6.45, 7) is 6.73. The molecule has 1 aromatic heterocycles. The number of anilines is 1. The molecule has 11 heavy (non-hydrogen) atoms. The molecule has 3 heteroatoms. The molecule has 0 aliphatic heterocycles. The van der Waals surface area contributed by atoms with E-state index >= 15 is 0 Å². The summed E-state index contributed by atoms with van der Waals surface area (Å²) in [6.07, 6.45) is 0. The number of rotatable bonds is 1. The van der Waals surface area contributed by atoms with Crippen molar-refractivity contribution in [3.05, 3.63) is 29.6 Å². The van der Waals surface area contributed by atoms with Crippen LogP contribution in [-0.4, -0.2) is 19.1 Å². The summed E-state index contributed by atoms with van der Waals surface area (Å²) in [4.78, 5) is 9.16. The van der Waals surface area contributed by atoms with Gasteiger partial charge in [0.15, 0.2) is 0 Å². The van der Waals surface area contributed by atoms with Crippen molar-refractivity contribution in [1.29, 1.82) is 0 Å². The summed E-state index contributed by atoms with van der Waals surface area (Å²) in [6, 6.07) is 5.39. The highest BCUT2D eigenvalue weighted by Gasteiger charge is 2.00. The fourth-order valence-electron chi connectivity index (χ4n) is 0.723. The van der Waals surface area contributed by atoms with Crippen molar-refractivity contribution in [2.45, 2.75) is 0 Å². The molecule has 0 radical (unpaired) electrons. The molecule has 3 nitrogen and oxygen atoms in total. The molecule has 0 bridgehead atoms. The van der Waals surface area contributed by atoms with Crippen LogP contribution in [0.4, 0.5) is 11.6 Å². The highest BCUT2D eigenvalue weighted by Crippen LogP contribution is 2.13. The Hall–Kier alpha value is -1.56. The molecule has 1 rings (SSSR count). The Morgan fingerprint density at radius 1 is 1.45 bits per heavy atom. The molecule has 1 aromatic rings. The molecule has 0 atom stereocenters. The average molecular weight is 147 g/mol. The molecule has 0 aliphatic carbocycles. The van der Waals surface area contributed by atoms with Crippen molar-refractivity contribution in [3.63, 3.8) is 0 Å². The van der Waals surface area contributed by atoms with Crippen molar-refractivity contribution in [1.82, 2.24) is 4.98 Å². The van der Waals surface area contributed by atoms with Crippen molar-refractivity contribution in [2.24, 2.45) is 0 Å². The first-order valence-electron chi connectivity index (χ1n) is 3.26. The van der Waals surface area contributed by atoms with E-state index in [9.17, 15) is 0 Å². The lowest BCUT2D eigenvalue weighted by molar-refractivity contribution is 1.07. The van der Waals surface area contributed by atoms with E-state index in [1.165, 1.54) is 0 Å². The van der Waals surface area contributed by atoms with Gasteiger partial charge in [0.25, 0.3) is 5.82 Å². The molecule has 0 aliphatic rings. The zero-order chi connectivity index (χ0) is 8.27. The minimum Gasteiger partial charge on any atom is -0.361 e. The van der Waals surface area contributed by atoms with Crippen LogP contribution in [0.1, 0.15) is 0 Å². The summed E-state index contributed by atoms with van der Waals surface area (Å²) in [7, 11) is 3.80. The van der Waals surface area contributed by atoms with Crippen molar-refractivity contribution >= 4 is 11.6 Å². The third kappa shape index (κ3) is 1.68. The number of hydrogen-bond acceptors (Lipinski definition) is 2. The van der Waals surface area contributed by atoms with Crippen LogP contribution in [-0.2, 0) is 0 Å². The van der Waals surface area contributed by atoms with Gasteiger partial charge in [0, 0.05) is 20.2 Å². The van der Waals surface area contributed by atoms with Gasteiger partial charge >= 0.3 is 0 Å². The SMILES string of the molecule is [C-]#[N+]c1cccc(N(C)C)n1. The first-order chi connectivity index (χ1) is 5.24. The van der Waals surface area contributed by atoms with Gasteiger partial charge in [-0.05, 0) is 6.07 Å². The number of pyridine rings is 1. The van der Waals surface area contributed by atoms with Gasteiger partial charge in [-0.25, -0.2) is 0 Å². The van der Waals surface area contributed by atoms with Crippen molar-refractivity contribution in [3.8, 4) is 0 Å². The monoisotopic (exact) mass is 147 g/mol. The van der Waals surface area contributed by atoms with Crippen LogP contribution < -0.4 is 4.90 Å². The Labute approximate surface area is 66.1 Å². The Kier molecular flexibility index (Phi) is 2.07. The van der Waals surface area contributed by atoms with E-state index < -0.39 is 0 Å². The summed E-state index contributed by atoms with van der Waals surface area (Å²) in [5.74, 6) is 1.26. The molecule has 1 heterocycles. The van der Waals surface area contributed by atoms with E-state index in [0.717, 1.165) is 5.82 Å². The van der Waals surface area contributed by atoms with Crippen LogP contribution in [0.15, 0.2) is 18.2 Å². The maximum Gasteiger partial charge on any atom is 0.271 e. The maximum absolute atomic E-state index is 6.73. The van der Waals surface area contributed by atoms with Gasteiger partial charge in [0.05, 0.1) is 0 Å². The number of aromatic nitrogens is 1. The predicted octanol–water partition coefficient (Wildman–Crippen LogP) is 1.70. The quantitative estimate of drug-likeness (QED) is 0.563. The average Bonchev–Trinajstić information content (AvgIpc) is 2.05. The minimum absolute atomic E-state index is 0.441. The summed E-state index contributed by atoms with van der Waals surface area (Å²) in [5, 5.41) is 0. The highest BCUT2D eigenvalue weighted by atomic mass is 15.1. The van der Waals surface area contributed by atoms with E-state index in [0.29, 0.717) is 5.82 Å². The summed E-state index contributed by atoms with van der Waals surface area (Å²) in [5.41, 5.74) is 0. The van der Waals surface area contributed by atoms with E-state index in [4.69, 9.17) is 6.57 Å². The fourth-order valence-corrected chi connectivity index (χ4v) is 0.723. The first-order valence-corrected chi connectivity index (χ1v) is 3.26. The third-order valence-electron chi connectivity index (χ3n) is 1.29. The molecule has 0 unspecified atom stereocenters. The molecular formula is C8H9N3. The van der Waals surface area contributed by atoms with Gasteiger partial charge in [0.2, 0.25) is 5.82 Å². The van der Waals surface area contributed by atoms with Gasteiger partial charge in [-0.1, -0.05) is 12.6 Å². The highest BCUT2D eigenvalue weighted by molar-refractivity contribution is 5.46. The molecule has 0 fully saturated rings. The van der Waals surface area contributed by atoms with Crippen LogP contribution in [0.25, 0.3) is 4.85 Å². The molecule has 0 saturated heterocycles. The lowest BCUT2D eigenvalue weighted by Gasteiger charge is -2.06. The Morgan fingerprint density at radius 2 is 2.18 bits per heavy atom. The molecule has 0 N–H and O–H groups in total. The topological polar surface area (TPSA) is 20.5 Å². The van der Waals surface area contributed by atoms with Gasteiger partial charge in [0.1, 0.15) is 0 Å². The second kappa shape index (κ2) is 3.02. The Balaban J connectivity index is 3.03. The second-order valence-corrected chi connectivity index (χ2v) is 2.36. The number of hydrogen-bond donors (Lipinski definition) is 0. The fraction of sp³-hybridized carbons (Fsp3) is 0.250. The first kappa shape index (κ1) is 7.55. The molecule has 0 spiro atoms. The van der Waals surface area contributed by atoms with E-state index in [2.05, 4.69) is 9.83 Å². The Morgan fingerprint density at radius 3 is 2.73 bits per heavy atom. The molecule has 56 valence electrons. The summed E-state index contributed by atoms with van der Waals surface area (Å²) >= 11 is 0. The summed E-state index contributed by atoms with van der Waals surface area (Å²) < 4.78 is 0. The van der Waals surface area contributed by atoms with Crippen molar-refractivity contribution < 1.29 is 0 Å². The molecular weight excluding hydrogens is 138 g/mol. The van der Waals surface area contributed by atoms with E-state index in [1.807, 2.05) is 31.1 Å². The second-order valence-electron chi connectivity index (χ2n) is 2.36. The zero-order valence-electron chi connectivity index (χ0n) is 6.57. The lowest BCUT2D eigenvalue weighted by atomic mass is 10.4. The Bertz CT molecular complexity index is 286. The lowest BCUT2D eigenvalue weighted by Crippen LogP contribution is -2.09. The smallest absolute Gasteiger partial charge is 0.271 e. The van der Waals surface area contributed by atoms with Gasteiger partial charge in [-0.3, -0.25) is 0 Å². The van der Waals surface area contributed by atoms with E-state index in [1.54, 1.807) is 6.07 Å². The standard InChI is InChI=1S/C8H9N3/c1-9-7-5-4-6-8(10-7)11(2)3/h4-6H,2-3H3. The van der Waals surface area contributed by atoms with Crippen LogP contribution in [0, 0.1) is 6.57 Å². The number of nitrogens with zero attached hydrogens (tertiary/aromatic N) is 3. The predicted molar refractivity (Wildman–Crippen MR) is 44.8 cm³/mol. The van der Waals surface area contributed by atoms with Crippen LogP contribution in [0.3, 0.4) is 0 Å². The van der Waals surface area contributed by atoms with Gasteiger partial charge in [-0.2, -0.15) is 0 Å².